The van der Waals surface area contributed by atoms with Crippen molar-refractivity contribution >= 4 is 28.0 Å². The Morgan fingerprint density at radius 3 is 2.66 bits per heavy atom. The average Bonchev–Trinajstić information content (AvgIpc) is 3.46. The number of hydrogen-bond acceptors (Lipinski definition) is 5. The van der Waals surface area contributed by atoms with Gasteiger partial charge >= 0.3 is 5.97 Å². The number of fused-ring (bicyclic) bond motifs is 2. The van der Waals surface area contributed by atoms with Crippen LogP contribution in [0.4, 0.5) is 4.39 Å². The number of carboxylic acids is 1. The number of benzene rings is 1. The van der Waals surface area contributed by atoms with Crippen LogP contribution in [0.5, 0.6) is 0 Å². The smallest absolute Gasteiger partial charge is 0.335 e. The number of carbonyl (C=O) groups is 1. The van der Waals surface area contributed by atoms with E-state index in [1.54, 1.807) is 25.3 Å². The lowest BCUT2D eigenvalue weighted by Gasteiger charge is -2.35. The van der Waals surface area contributed by atoms with E-state index in [0.717, 1.165) is 46.2 Å². The van der Waals surface area contributed by atoms with Crippen molar-refractivity contribution in [3.63, 3.8) is 0 Å². The summed E-state index contributed by atoms with van der Waals surface area (Å²) in [4.78, 5) is 16.8. The van der Waals surface area contributed by atoms with E-state index in [1.165, 1.54) is 12.1 Å². The molecule has 2 saturated heterocycles. The minimum Gasteiger partial charge on any atom is -0.479 e. The fraction of sp³-hybridized carbons (Fsp3) is 0.423. The zero-order chi connectivity index (χ0) is 24.2. The Kier molecular flexibility index (Phi) is 5.34. The van der Waals surface area contributed by atoms with Gasteiger partial charge in [-0.05, 0) is 62.9 Å². The van der Waals surface area contributed by atoms with Crippen LogP contribution in [0.15, 0.2) is 36.5 Å². The van der Waals surface area contributed by atoms with Gasteiger partial charge in [-0.15, -0.1) is 0 Å². The van der Waals surface area contributed by atoms with Crippen molar-refractivity contribution in [2.45, 2.75) is 50.0 Å². The number of aromatic nitrogens is 4. The number of ether oxygens (including phenoxy) is 2. The summed E-state index contributed by atoms with van der Waals surface area (Å²) in [5.74, 6) is -1.02. The molecule has 1 unspecified atom stereocenters. The second kappa shape index (κ2) is 8.42. The van der Waals surface area contributed by atoms with E-state index < -0.39 is 11.6 Å². The van der Waals surface area contributed by atoms with Gasteiger partial charge in [-0.2, -0.15) is 5.10 Å². The molecule has 2 atom stereocenters. The number of aromatic amines is 1. The van der Waals surface area contributed by atoms with Gasteiger partial charge in [-0.25, -0.2) is 14.2 Å². The van der Waals surface area contributed by atoms with Gasteiger partial charge in [0.25, 0.3) is 0 Å². The van der Waals surface area contributed by atoms with Crippen molar-refractivity contribution in [1.82, 2.24) is 19.7 Å². The molecule has 182 valence electrons. The largest absolute Gasteiger partial charge is 0.479 e. The number of hydrogen-bond donors (Lipinski definition) is 2. The van der Waals surface area contributed by atoms with Crippen molar-refractivity contribution in [3.05, 3.63) is 53.6 Å². The highest BCUT2D eigenvalue weighted by atomic mass is 19.1. The van der Waals surface area contributed by atoms with Crippen LogP contribution < -0.4 is 0 Å². The van der Waals surface area contributed by atoms with Gasteiger partial charge in [-0.1, -0.05) is 0 Å². The maximum Gasteiger partial charge on any atom is 0.335 e. The van der Waals surface area contributed by atoms with E-state index in [-0.39, 0.29) is 17.7 Å². The predicted molar refractivity (Wildman–Crippen MR) is 127 cm³/mol. The van der Waals surface area contributed by atoms with E-state index in [0.29, 0.717) is 38.3 Å². The third-order valence-electron chi connectivity index (χ3n) is 7.55. The molecular weight excluding hydrogens is 451 g/mol. The number of nitrogens with one attached hydrogen (secondary N) is 1. The molecule has 2 fully saturated rings. The van der Waals surface area contributed by atoms with Crippen LogP contribution in [0.1, 0.15) is 55.7 Å². The number of carboxylic acid groups (broad SMARTS) is 1. The minimum absolute atomic E-state index is 0.0164. The molecule has 0 saturated carbocycles. The van der Waals surface area contributed by atoms with Gasteiger partial charge in [-0.3, -0.25) is 5.10 Å². The molecule has 0 aliphatic carbocycles. The maximum absolute atomic E-state index is 13.9. The van der Waals surface area contributed by atoms with Crippen LogP contribution in [-0.2, 0) is 14.3 Å². The lowest BCUT2D eigenvalue weighted by Crippen LogP contribution is -2.43. The summed E-state index contributed by atoms with van der Waals surface area (Å²) in [6, 6.07) is 8.60. The number of nitrogens with zero attached hydrogens (tertiary/aromatic N) is 3. The molecule has 0 amide bonds. The zero-order valence-corrected chi connectivity index (χ0v) is 19.5. The molecule has 5 heterocycles. The van der Waals surface area contributed by atoms with Gasteiger partial charge in [0.05, 0.1) is 23.8 Å². The molecule has 2 aliphatic heterocycles. The second-order valence-corrected chi connectivity index (χ2v) is 9.74. The van der Waals surface area contributed by atoms with Gasteiger partial charge < -0.3 is 19.1 Å². The Morgan fingerprint density at radius 2 is 1.97 bits per heavy atom. The fourth-order valence-corrected chi connectivity index (χ4v) is 5.54. The first-order chi connectivity index (χ1) is 16.9. The van der Waals surface area contributed by atoms with Crippen LogP contribution >= 0.6 is 0 Å². The lowest BCUT2D eigenvalue weighted by atomic mass is 9.82. The van der Waals surface area contributed by atoms with Crippen molar-refractivity contribution in [1.29, 1.82) is 0 Å². The molecule has 8 nitrogen and oxygen atoms in total. The molecule has 0 radical (unpaired) electrons. The summed E-state index contributed by atoms with van der Waals surface area (Å²) in [7, 11) is 0. The Hall–Kier alpha value is -3.30. The fourth-order valence-electron chi connectivity index (χ4n) is 5.54. The van der Waals surface area contributed by atoms with Gasteiger partial charge in [0, 0.05) is 47.4 Å². The molecule has 0 spiro atoms. The number of rotatable bonds is 4. The molecule has 9 heteroatoms. The first-order valence-electron chi connectivity index (χ1n) is 12.0. The normalized spacial score (nSPS) is 23.8. The Labute approximate surface area is 201 Å². The number of halogens is 1. The van der Waals surface area contributed by atoms with Crippen molar-refractivity contribution < 1.29 is 23.8 Å². The van der Waals surface area contributed by atoms with Gasteiger partial charge in [0.2, 0.25) is 0 Å². The van der Waals surface area contributed by atoms with Crippen molar-refractivity contribution in [3.8, 4) is 5.69 Å². The van der Waals surface area contributed by atoms with E-state index in [1.807, 2.05) is 0 Å². The van der Waals surface area contributed by atoms with E-state index in [2.05, 4.69) is 20.8 Å². The van der Waals surface area contributed by atoms with Gasteiger partial charge in [0.1, 0.15) is 5.82 Å². The monoisotopic (exact) mass is 478 g/mol. The Morgan fingerprint density at radius 1 is 1.20 bits per heavy atom. The summed E-state index contributed by atoms with van der Waals surface area (Å²) in [5.41, 5.74) is 4.36. The van der Waals surface area contributed by atoms with Gasteiger partial charge in [0.15, 0.2) is 11.2 Å². The topological polar surface area (TPSA) is 102 Å². The maximum atomic E-state index is 13.9. The molecular formula is C26H27FN4O4. The van der Waals surface area contributed by atoms with Crippen LogP contribution in [-0.4, -0.2) is 56.2 Å². The number of pyridine rings is 1. The molecule has 6 rings (SSSR count). The second-order valence-electron chi connectivity index (χ2n) is 9.74. The molecule has 2 aliphatic rings. The van der Waals surface area contributed by atoms with Crippen molar-refractivity contribution in [2.75, 3.05) is 19.8 Å². The van der Waals surface area contributed by atoms with Crippen LogP contribution in [0.3, 0.4) is 0 Å². The number of H-pyrrole nitrogens is 1. The molecule has 2 N–H and O–H groups in total. The molecule has 4 aromatic rings. The van der Waals surface area contributed by atoms with Crippen molar-refractivity contribution in [2.24, 2.45) is 0 Å². The first kappa shape index (κ1) is 22.2. The van der Waals surface area contributed by atoms with Crippen LogP contribution in [0.25, 0.3) is 27.8 Å². The quantitative estimate of drug-likeness (QED) is 0.442. The molecule has 3 aromatic heterocycles. The standard InChI is InChI=1S/C26H27FN4O4/c1-26(25(32)33)9-6-16(14-35-26)21-22-20(12-17-13-28-30-24(17)29-22)31(19-4-2-18(27)3-5-19)23(21)15-7-10-34-11-8-15/h2-5,12-13,15-16H,6-11,14H2,1H3,(H,32,33)(H,28,29,30)/t16?,26-/m0/s1. The summed E-state index contributed by atoms with van der Waals surface area (Å²) >= 11 is 0. The molecule has 35 heavy (non-hydrogen) atoms. The highest BCUT2D eigenvalue weighted by molar-refractivity contribution is 5.93. The SMILES string of the molecule is C[C@@]1(C(=O)O)CCC(c2c(C3CCOCC3)n(-c3ccc(F)cc3)c3cc4cn[nH]c4nc23)CO1. The molecule has 0 bridgehead atoms. The van der Waals surface area contributed by atoms with E-state index >= 15 is 0 Å². The van der Waals surface area contributed by atoms with E-state index in [9.17, 15) is 14.3 Å². The summed E-state index contributed by atoms with van der Waals surface area (Å²) in [6.07, 6.45) is 4.56. The highest BCUT2D eigenvalue weighted by Gasteiger charge is 2.41. The minimum atomic E-state index is -1.19. The Bertz CT molecular complexity index is 1400. The third kappa shape index (κ3) is 3.70. The average molecular weight is 479 g/mol. The first-order valence-corrected chi connectivity index (χ1v) is 12.0. The summed E-state index contributed by atoms with van der Waals surface area (Å²) in [6.45, 7) is 3.28. The van der Waals surface area contributed by atoms with E-state index in [4.69, 9.17) is 14.5 Å². The third-order valence-corrected chi connectivity index (χ3v) is 7.55. The Balaban J connectivity index is 1.60. The zero-order valence-electron chi connectivity index (χ0n) is 19.5. The molecule has 1 aromatic carbocycles. The van der Waals surface area contributed by atoms with Crippen LogP contribution in [0, 0.1) is 5.82 Å². The lowest BCUT2D eigenvalue weighted by molar-refractivity contribution is -0.170. The number of aliphatic carboxylic acids is 1. The summed E-state index contributed by atoms with van der Waals surface area (Å²) < 4.78 is 27.7. The van der Waals surface area contributed by atoms with Crippen LogP contribution in [0.2, 0.25) is 0 Å². The highest BCUT2D eigenvalue weighted by Crippen LogP contribution is 2.45. The summed E-state index contributed by atoms with van der Waals surface area (Å²) in [5, 5.41) is 17.7. The predicted octanol–water partition coefficient (Wildman–Crippen LogP) is 4.67.